The molecule has 0 amide bonds. The van der Waals surface area contributed by atoms with Gasteiger partial charge in [-0.2, -0.15) is 0 Å². The summed E-state index contributed by atoms with van der Waals surface area (Å²) in [5, 5.41) is 3.55. The van der Waals surface area contributed by atoms with E-state index in [1.165, 1.54) is 11.1 Å². The Labute approximate surface area is 219 Å². The molecule has 202 valence electrons. The molecule has 0 fully saturated rings. The summed E-state index contributed by atoms with van der Waals surface area (Å²) in [4.78, 5) is 2.77. The van der Waals surface area contributed by atoms with Gasteiger partial charge in [0.1, 0.15) is 17.2 Å². The van der Waals surface area contributed by atoms with E-state index < -0.39 is 0 Å². The third kappa shape index (κ3) is 8.27. The van der Waals surface area contributed by atoms with E-state index >= 15 is 0 Å². The number of fused-ring (bicyclic) bond motifs is 1. The fraction of sp³-hybridized carbons (Fsp3) is 0.571. The Morgan fingerprint density at radius 1 is 0.946 bits per heavy atom. The number of methoxy groups -OCH3 is 2. The Morgan fingerprint density at radius 2 is 1.62 bits per heavy atom. The second kappa shape index (κ2) is 15.3. The molecule has 0 spiro atoms. The maximum absolute atomic E-state index is 8.33. The molecule has 3 rings (SSSR count). The van der Waals surface area contributed by atoms with Crippen LogP contribution in [0.3, 0.4) is 0 Å². The van der Waals surface area contributed by atoms with Gasteiger partial charge in [-0.05, 0) is 60.5 Å². The number of unbranched alkanes of at least 4 members (excludes halogenated alkanes) is 2. The van der Waals surface area contributed by atoms with Crippen LogP contribution in [-0.4, -0.2) is 54.2 Å². The first-order valence-corrected chi connectivity index (χ1v) is 12.8. The van der Waals surface area contributed by atoms with Crippen molar-refractivity contribution in [2.45, 2.75) is 50.4 Å². The van der Waals surface area contributed by atoms with E-state index in [-0.39, 0.29) is 24.9 Å². The summed E-state index contributed by atoms with van der Waals surface area (Å²) < 4.78 is 33.4. The van der Waals surface area contributed by atoms with Crippen molar-refractivity contribution in [3.63, 3.8) is 0 Å². The van der Waals surface area contributed by atoms with Gasteiger partial charge in [0.05, 0.1) is 6.61 Å². The molecule has 37 heavy (non-hydrogen) atoms. The minimum absolute atomic E-state index is 0.197. The largest absolute Gasteiger partial charge is 0.492 e. The predicted molar refractivity (Wildman–Crippen MR) is 141 cm³/mol. The summed E-state index contributed by atoms with van der Waals surface area (Å²) in [5.41, 5.74) is 10.5. The van der Waals surface area contributed by atoms with Gasteiger partial charge >= 0.3 is 0 Å². The molecule has 0 aliphatic carbocycles. The maximum atomic E-state index is 8.33. The normalized spacial score (nSPS) is 18.4. The summed E-state index contributed by atoms with van der Waals surface area (Å²) in [6, 6.07) is 14.3. The quantitative estimate of drug-likeness (QED) is 0.0801. The molecule has 1 aliphatic heterocycles. The van der Waals surface area contributed by atoms with Crippen LogP contribution in [0.4, 0.5) is 0 Å². The van der Waals surface area contributed by atoms with Gasteiger partial charge in [-0.3, -0.25) is 0 Å². The van der Waals surface area contributed by atoms with Crippen molar-refractivity contribution in [1.29, 1.82) is 0 Å². The van der Waals surface area contributed by atoms with Gasteiger partial charge in [0.15, 0.2) is 13.6 Å². The number of azide groups is 1. The molecular formula is C28H39N3O6. The molecular weight excluding hydrogens is 474 g/mol. The lowest BCUT2D eigenvalue weighted by atomic mass is 9.66. The standard InChI is InChI=1S/C28H39N3O6/c1-28(22-9-11-23(12-10-22)36-20-32-2)19-35-27-18-24(37-21-33-3)13-14-25(27)26(28)8-4-6-16-34-17-7-5-15-30-31-29/h9-14,18,26H,4-8,15-17,19-21H2,1-3H3. The van der Waals surface area contributed by atoms with E-state index in [2.05, 4.69) is 35.1 Å². The predicted octanol–water partition coefficient (Wildman–Crippen LogP) is 6.36. The van der Waals surface area contributed by atoms with Crippen LogP contribution in [0.2, 0.25) is 0 Å². The zero-order valence-electron chi connectivity index (χ0n) is 22.2. The van der Waals surface area contributed by atoms with Gasteiger partial charge in [-0.15, -0.1) is 0 Å². The smallest absolute Gasteiger partial charge is 0.188 e. The van der Waals surface area contributed by atoms with Gasteiger partial charge in [0, 0.05) is 56.3 Å². The third-order valence-electron chi connectivity index (χ3n) is 6.75. The zero-order chi connectivity index (χ0) is 26.3. The Balaban J connectivity index is 1.68. The Morgan fingerprint density at radius 3 is 2.32 bits per heavy atom. The number of benzene rings is 2. The molecule has 0 bridgehead atoms. The number of ether oxygens (including phenoxy) is 6. The molecule has 0 N–H and O–H groups in total. The molecule has 2 atom stereocenters. The molecule has 2 unspecified atom stereocenters. The molecule has 9 nitrogen and oxygen atoms in total. The summed E-state index contributed by atoms with van der Waals surface area (Å²) in [6.07, 6.45) is 4.79. The first-order chi connectivity index (χ1) is 18.1. The van der Waals surface area contributed by atoms with Crippen molar-refractivity contribution < 1.29 is 28.4 Å². The molecule has 0 saturated carbocycles. The lowest BCUT2D eigenvalue weighted by Gasteiger charge is -2.43. The SMILES string of the molecule is COCOc1ccc(C2(C)COc3cc(OCOC)ccc3C2CCCCOCCCCN=[N+]=[N-])cc1. The van der Waals surface area contributed by atoms with Crippen molar-refractivity contribution in [2.24, 2.45) is 5.11 Å². The minimum atomic E-state index is -0.205. The summed E-state index contributed by atoms with van der Waals surface area (Å²) in [5.74, 6) is 2.64. The molecule has 0 saturated heterocycles. The first-order valence-electron chi connectivity index (χ1n) is 12.8. The lowest BCUT2D eigenvalue weighted by Crippen LogP contribution is -2.40. The minimum Gasteiger partial charge on any atom is -0.492 e. The Bertz CT molecular complexity index is 996. The van der Waals surface area contributed by atoms with Crippen molar-refractivity contribution in [2.75, 3.05) is 54.2 Å². The fourth-order valence-corrected chi connectivity index (χ4v) is 4.72. The van der Waals surface area contributed by atoms with E-state index in [9.17, 15) is 0 Å². The molecule has 2 aromatic carbocycles. The van der Waals surface area contributed by atoms with E-state index in [0.29, 0.717) is 19.8 Å². The highest BCUT2D eigenvalue weighted by molar-refractivity contribution is 5.48. The second-order valence-electron chi connectivity index (χ2n) is 9.35. The van der Waals surface area contributed by atoms with Crippen LogP contribution in [0.1, 0.15) is 56.1 Å². The van der Waals surface area contributed by atoms with Crippen LogP contribution in [-0.2, 0) is 19.6 Å². The monoisotopic (exact) mass is 513 g/mol. The van der Waals surface area contributed by atoms with Crippen molar-refractivity contribution in [1.82, 2.24) is 0 Å². The molecule has 0 aromatic heterocycles. The van der Waals surface area contributed by atoms with Gasteiger partial charge in [0.25, 0.3) is 0 Å². The van der Waals surface area contributed by atoms with Crippen LogP contribution in [0.5, 0.6) is 17.2 Å². The highest BCUT2D eigenvalue weighted by Crippen LogP contribution is 2.49. The van der Waals surface area contributed by atoms with Crippen molar-refractivity contribution in [3.05, 3.63) is 64.0 Å². The first kappa shape index (κ1) is 28.6. The van der Waals surface area contributed by atoms with Gasteiger partial charge in [0.2, 0.25) is 0 Å². The van der Waals surface area contributed by atoms with Gasteiger partial charge < -0.3 is 28.4 Å². The third-order valence-corrected chi connectivity index (χ3v) is 6.75. The summed E-state index contributed by atoms with van der Waals surface area (Å²) in [6.45, 7) is 5.21. The van der Waals surface area contributed by atoms with Crippen LogP contribution < -0.4 is 14.2 Å². The number of rotatable bonds is 17. The topological polar surface area (TPSA) is 104 Å². The molecule has 0 radical (unpaired) electrons. The zero-order valence-corrected chi connectivity index (χ0v) is 22.2. The van der Waals surface area contributed by atoms with E-state index in [1.807, 2.05) is 24.3 Å². The maximum Gasteiger partial charge on any atom is 0.188 e. The van der Waals surface area contributed by atoms with Crippen LogP contribution in [0.15, 0.2) is 47.6 Å². The van der Waals surface area contributed by atoms with Gasteiger partial charge in [-0.25, -0.2) is 0 Å². The number of nitrogens with zero attached hydrogens (tertiary/aromatic N) is 3. The molecule has 1 heterocycles. The summed E-state index contributed by atoms with van der Waals surface area (Å²) in [7, 11) is 3.22. The van der Waals surface area contributed by atoms with Crippen LogP contribution in [0, 0.1) is 0 Å². The number of hydrogen-bond acceptors (Lipinski definition) is 7. The van der Waals surface area contributed by atoms with Crippen LogP contribution >= 0.6 is 0 Å². The highest BCUT2D eigenvalue weighted by Gasteiger charge is 2.42. The molecule has 1 aliphatic rings. The second-order valence-corrected chi connectivity index (χ2v) is 9.35. The average molecular weight is 514 g/mol. The van der Waals surface area contributed by atoms with Gasteiger partial charge in [-0.1, -0.05) is 36.7 Å². The van der Waals surface area contributed by atoms with E-state index in [1.54, 1.807) is 14.2 Å². The van der Waals surface area contributed by atoms with Crippen molar-refractivity contribution in [3.8, 4) is 17.2 Å². The fourth-order valence-electron chi connectivity index (χ4n) is 4.72. The van der Waals surface area contributed by atoms with Crippen molar-refractivity contribution >= 4 is 0 Å². The summed E-state index contributed by atoms with van der Waals surface area (Å²) >= 11 is 0. The van der Waals surface area contributed by atoms with E-state index in [0.717, 1.165) is 56.0 Å². The average Bonchev–Trinajstić information content (AvgIpc) is 2.93. The number of hydrogen-bond donors (Lipinski definition) is 0. The highest BCUT2D eigenvalue weighted by atomic mass is 16.7. The Hall–Kier alpha value is -2.97. The Kier molecular flexibility index (Phi) is 11.8. The molecule has 9 heteroatoms. The van der Waals surface area contributed by atoms with E-state index in [4.69, 9.17) is 34.0 Å². The molecule has 2 aromatic rings. The lowest BCUT2D eigenvalue weighted by molar-refractivity contribution is 0.0505. The van der Waals surface area contributed by atoms with Crippen LogP contribution in [0.25, 0.3) is 10.4 Å².